The maximum atomic E-state index is 12.1. The van der Waals surface area contributed by atoms with Crippen molar-refractivity contribution >= 4 is 32.6 Å². The van der Waals surface area contributed by atoms with E-state index in [1.807, 2.05) is 43.7 Å². The van der Waals surface area contributed by atoms with Gasteiger partial charge in [0.25, 0.3) is 0 Å². The Morgan fingerprint density at radius 1 is 1.27 bits per heavy atom. The number of nitrogens with one attached hydrogen (secondary N) is 1. The van der Waals surface area contributed by atoms with Crippen LogP contribution in [0.1, 0.15) is 23.4 Å². The lowest BCUT2D eigenvalue weighted by Gasteiger charge is -2.04. The Kier molecular flexibility index (Phi) is 3.94. The van der Waals surface area contributed by atoms with Crippen LogP contribution in [0.2, 0.25) is 0 Å². The monoisotopic (exact) mass is 314 g/mol. The van der Waals surface area contributed by atoms with E-state index >= 15 is 0 Å². The Labute approximate surface area is 133 Å². The molecular weight excluding hydrogens is 296 g/mol. The molecule has 0 saturated heterocycles. The third-order valence-electron chi connectivity index (χ3n) is 3.44. The predicted molar refractivity (Wildman–Crippen MR) is 89.3 cm³/mol. The van der Waals surface area contributed by atoms with Crippen LogP contribution in [0.15, 0.2) is 24.3 Å². The minimum atomic E-state index is -0.0386. The number of aromatic nitrogens is 3. The van der Waals surface area contributed by atoms with Crippen LogP contribution in [0.25, 0.3) is 10.2 Å². The molecule has 0 fully saturated rings. The molecule has 22 heavy (non-hydrogen) atoms. The molecule has 5 nitrogen and oxygen atoms in total. The van der Waals surface area contributed by atoms with Crippen LogP contribution in [-0.4, -0.2) is 20.7 Å². The average Bonchev–Trinajstić information content (AvgIpc) is 2.98. The van der Waals surface area contributed by atoms with E-state index in [0.717, 1.165) is 21.6 Å². The van der Waals surface area contributed by atoms with E-state index in [2.05, 4.69) is 21.5 Å². The van der Waals surface area contributed by atoms with E-state index in [9.17, 15) is 4.79 Å². The summed E-state index contributed by atoms with van der Waals surface area (Å²) in [5.74, 6) is -0.0386. The molecule has 1 aromatic carbocycles. The Bertz CT molecular complexity index is 834. The number of rotatable bonds is 4. The van der Waals surface area contributed by atoms with Gasteiger partial charge in [-0.15, -0.1) is 0 Å². The summed E-state index contributed by atoms with van der Waals surface area (Å²) in [6.07, 6.45) is 0.386. The van der Waals surface area contributed by atoms with Gasteiger partial charge in [0.05, 0.1) is 15.9 Å². The fourth-order valence-corrected chi connectivity index (χ4v) is 3.36. The highest BCUT2D eigenvalue weighted by Gasteiger charge is 2.09. The minimum absolute atomic E-state index is 0.0386. The normalized spacial score (nSPS) is 11.0. The van der Waals surface area contributed by atoms with Crippen molar-refractivity contribution < 1.29 is 4.79 Å². The molecule has 2 aromatic heterocycles. The molecule has 3 rings (SSSR count). The highest BCUT2D eigenvalue weighted by molar-refractivity contribution is 7.22. The summed E-state index contributed by atoms with van der Waals surface area (Å²) in [6, 6.07) is 8.09. The highest BCUT2D eigenvalue weighted by Crippen LogP contribution is 2.26. The molecule has 0 aliphatic carbocycles. The standard InChI is InChI=1S/C16H18N4OS/c1-10-4-5-13-14(8-10)22-16(17-13)18-15(21)6-7-20-12(3)9-11(2)19-20/h4-5,8-9H,6-7H2,1-3H3,(H,17,18,21). The van der Waals surface area contributed by atoms with Crippen molar-refractivity contribution in [3.63, 3.8) is 0 Å². The van der Waals surface area contributed by atoms with E-state index in [1.165, 1.54) is 16.9 Å². The van der Waals surface area contributed by atoms with Crippen molar-refractivity contribution in [1.29, 1.82) is 0 Å². The van der Waals surface area contributed by atoms with Gasteiger partial charge in [0.15, 0.2) is 5.13 Å². The summed E-state index contributed by atoms with van der Waals surface area (Å²) >= 11 is 1.50. The first-order chi connectivity index (χ1) is 10.5. The number of fused-ring (bicyclic) bond motifs is 1. The fourth-order valence-electron chi connectivity index (χ4n) is 2.38. The first kappa shape index (κ1) is 14.7. The number of benzene rings is 1. The van der Waals surface area contributed by atoms with Crippen LogP contribution in [0, 0.1) is 20.8 Å². The maximum absolute atomic E-state index is 12.1. The first-order valence-electron chi connectivity index (χ1n) is 7.19. The second kappa shape index (κ2) is 5.88. The number of amides is 1. The minimum Gasteiger partial charge on any atom is -0.302 e. The highest BCUT2D eigenvalue weighted by atomic mass is 32.1. The first-order valence-corrected chi connectivity index (χ1v) is 8.01. The molecule has 6 heteroatoms. The predicted octanol–water partition coefficient (Wildman–Crippen LogP) is 3.45. The number of anilines is 1. The Morgan fingerprint density at radius 2 is 2.09 bits per heavy atom. The second-order valence-corrected chi connectivity index (χ2v) is 6.47. The smallest absolute Gasteiger partial charge is 0.228 e. The van der Waals surface area contributed by atoms with Gasteiger partial charge in [0.2, 0.25) is 5.91 Å². The molecular formula is C16H18N4OS. The van der Waals surface area contributed by atoms with Gasteiger partial charge in [-0.1, -0.05) is 17.4 Å². The molecule has 0 saturated carbocycles. The zero-order chi connectivity index (χ0) is 15.7. The number of carbonyl (C=O) groups is 1. The number of hydrogen-bond donors (Lipinski definition) is 1. The Hall–Kier alpha value is -2.21. The SMILES string of the molecule is Cc1ccc2nc(NC(=O)CCn3nc(C)cc3C)sc2c1. The number of nitrogens with zero attached hydrogens (tertiary/aromatic N) is 3. The van der Waals surface area contributed by atoms with Crippen molar-refractivity contribution in [2.75, 3.05) is 5.32 Å². The summed E-state index contributed by atoms with van der Waals surface area (Å²) in [6.45, 7) is 6.57. The summed E-state index contributed by atoms with van der Waals surface area (Å²) in [7, 11) is 0. The fraction of sp³-hybridized carbons (Fsp3) is 0.312. The molecule has 0 atom stereocenters. The quantitative estimate of drug-likeness (QED) is 0.802. The van der Waals surface area contributed by atoms with Crippen LogP contribution in [-0.2, 0) is 11.3 Å². The molecule has 3 aromatic rings. The third-order valence-corrected chi connectivity index (χ3v) is 4.38. The second-order valence-electron chi connectivity index (χ2n) is 5.44. The molecule has 2 heterocycles. The van der Waals surface area contributed by atoms with Gasteiger partial charge in [0, 0.05) is 18.7 Å². The van der Waals surface area contributed by atoms with Crippen LogP contribution in [0.5, 0.6) is 0 Å². The van der Waals surface area contributed by atoms with Gasteiger partial charge in [-0.25, -0.2) is 4.98 Å². The topological polar surface area (TPSA) is 59.8 Å². The average molecular weight is 314 g/mol. The van der Waals surface area contributed by atoms with Crippen molar-refractivity contribution in [2.45, 2.75) is 33.7 Å². The number of carbonyl (C=O) groups excluding carboxylic acids is 1. The van der Waals surface area contributed by atoms with Crippen LogP contribution in [0.4, 0.5) is 5.13 Å². The summed E-state index contributed by atoms with van der Waals surface area (Å²) < 4.78 is 2.95. The van der Waals surface area contributed by atoms with Crippen LogP contribution < -0.4 is 5.32 Å². The molecule has 114 valence electrons. The van der Waals surface area contributed by atoms with Gasteiger partial charge >= 0.3 is 0 Å². The number of aryl methyl sites for hydroxylation is 4. The Morgan fingerprint density at radius 3 is 2.82 bits per heavy atom. The molecule has 0 aliphatic heterocycles. The van der Waals surface area contributed by atoms with E-state index in [1.54, 1.807) is 0 Å². The lowest BCUT2D eigenvalue weighted by molar-refractivity contribution is -0.116. The molecule has 0 unspecified atom stereocenters. The zero-order valence-corrected chi connectivity index (χ0v) is 13.7. The van der Waals surface area contributed by atoms with Crippen molar-refractivity contribution in [3.05, 3.63) is 41.2 Å². The number of hydrogen-bond acceptors (Lipinski definition) is 4. The largest absolute Gasteiger partial charge is 0.302 e. The summed E-state index contributed by atoms with van der Waals surface area (Å²) in [5.41, 5.74) is 4.16. The van der Waals surface area contributed by atoms with Gasteiger partial charge in [0.1, 0.15) is 0 Å². The van der Waals surface area contributed by atoms with Crippen LogP contribution in [0.3, 0.4) is 0 Å². The molecule has 1 amide bonds. The van der Waals surface area contributed by atoms with E-state index in [-0.39, 0.29) is 5.91 Å². The lowest BCUT2D eigenvalue weighted by Crippen LogP contribution is -2.15. The summed E-state index contributed by atoms with van der Waals surface area (Å²) in [4.78, 5) is 16.5. The van der Waals surface area contributed by atoms with Gasteiger partial charge < -0.3 is 5.32 Å². The van der Waals surface area contributed by atoms with E-state index < -0.39 is 0 Å². The lowest BCUT2D eigenvalue weighted by atomic mass is 10.2. The molecule has 0 aliphatic rings. The van der Waals surface area contributed by atoms with Gasteiger partial charge in [-0.2, -0.15) is 5.10 Å². The van der Waals surface area contributed by atoms with Gasteiger partial charge in [-0.05, 0) is 44.5 Å². The third kappa shape index (κ3) is 3.17. The van der Waals surface area contributed by atoms with Crippen LogP contribution >= 0.6 is 11.3 Å². The van der Waals surface area contributed by atoms with Crippen molar-refractivity contribution in [3.8, 4) is 0 Å². The van der Waals surface area contributed by atoms with Gasteiger partial charge in [-0.3, -0.25) is 9.48 Å². The molecule has 0 radical (unpaired) electrons. The molecule has 1 N–H and O–H groups in total. The van der Waals surface area contributed by atoms with E-state index in [0.29, 0.717) is 18.1 Å². The Balaban J connectivity index is 1.64. The molecule has 0 spiro atoms. The van der Waals surface area contributed by atoms with Crippen molar-refractivity contribution in [1.82, 2.24) is 14.8 Å². The molecule has 0 bridgehead atoms. The van der Waals surface area contributed by atoms with E-state index in [4.69, 9.17) is 0 Å². The summed E-state index contributed by atoms with van der Waals surface area (Å²) in [5, 5.41) is 7.88. The zero-order valence-electron chi connectivity index (χ0n) is 12.9. The van der Waals surface area contributed by atoms with Crippen molar-refractivity contribution in [2.24, 2.45) is 0 Å². The number of thiazole rings is 1. The maximum Gasteiger partial charge on any atom is 0.228 e.